The van der Waals surface area contributed by atoms with E-state index in [1.54, 1.807) is 33.0 Å². The molecule has 1 amide bonds. The highest BCUT2D eigenvalue weighted by Crippen LogP contribution is 2.10. The van der Waals surface area contributed by atoms with E-state index in [0.29, 0.717) is 24.3 Å². The summed E-state index contributed by atoms with van der Waals surface area (Å²) in [6.07, 6.45) is 3.35. The molecule has 0 saturated heterocycles. The number of ether oxygens (including phenoxy) is 1. The number of rotatable bonds is 5. The second kappa shape index (κ2) is 6.72. The molecule has 1 aromatic heterocycles. The Morgan fingerprint density at radius 3 is 2.79 bits per heavy atom. The fourth-order valence-electron chi connectivity index (χ4n) is 1.34. The first-order valence-corrected chi connectivity index (χ1v) is 6.02. The van der Waals surface area contributed by atoms with Gasteiger partial charge in [-0.25, -0.2) is 4.79 Å². The second-order valence-electron chi connectivity index (χ2n) is 4.94. The van der Waals surface area contributed by atoms with Crippen LogP contribution in [0.2, 0.25) is 0 Å². The molecule has 0 aliphatic carbocycles. The van der Waals surface area contributed by atoms with E-state index >= 15 is 0 Å². The topological polar surface area (TPSA) is 80.3 Å². The third-order valence-corrected chi connectivity index (χ3v) is 2.09. The quantitative estimate of drug-likeness (QED) is 0.627. The van der Waals surface area contributed by atoms with Crippen molar-refractivity contribution in [3.8, 4) is 0 Å². The summed E-state index contributed by atoms with van der Waals surface area (Å²) < 4.78 is 5.09. The zero-order chi connectivity index (χ0) is 14.3. The van der Waals surface area contributed by atoms with Crippen molar-refractivity contribution in [1.82, 2.24) is 10.3 Å². The summed E-state index contributed by atoms with van der Waals surface area (Å²) in [6, 6.07) is 1.71. The van der Waals surface area contributed by atoms with Crippen LogP contribution in [0.15, 0.2) is 18.5 Å². The van der Waals surface area contributed by atoms with Crippen LogP contribution in [0.3, 0.4) is 0 Å². The van der Waals surface area contributed by atoms with Gasteiger partial charge in [-0.15, -0.1) is 0 Å². The van der Waals surface area contributed by atoms with Gasteiger partial charge in [-0.05, 0) is 26.8 Å². The van der Waals surface area contributed by atoms with Crippen LogP contribution in [0.5, 0.6) is 0 Å². The summed E-state index contributed by atoms with van der Waals surface area (Å²) in [4.78, 5) is 26.0. The molecule has 0 aliphatic rings. The molecule has 0 aromatic carbocycles. The maximum absolute atomic E-state index is 11.4. The Bertz CT molecular complexity index is 441. The highest BCUT2D eigenvalue weighted by atomic mass is 16.6. The first-order chi connectivity index (χ1) is 8.92. The number of alkyl carbamates (subject to hydrolysis) is 1. The van der Waals surface area contributed by atoms with Crippen molar-refractivity contribution >= 4 is 18.1 Å². The molecule has 0 unspecified atom stereocenters. The first kappa shape index (κ1) is 14.9. The monoisotopic (exact) mass is 265 g/mol. The molecule has 19 heavy (non-hydrogen) atoms. The minimum absolute atomic E-state index is 0.398. The molecule has 0 spiro atoms. The van der Waals surface area contributed by atoms with E-state index in [-0.39, 0.29) is 0 Å². The van der Waals surface area contributed by atoms with Gasteiger partial charge in [0.25, 0.3) is 0 Å². The molecule has 0 radical (unpaired) electrons. The van der Waals surface area contributed by atoms with Crippen molar-refractivity contribution in [2.24, 2.45) is 0 Å². The standard InChI is InChI=1S/C13H19N3O3/c1-13(2,3)19-12(18)16-7-6-15-11-4-5-14-8-10(11)9-17/h4-5,8-9H,6-7H2,1-3H3,(H,14,15)(H,16,18). The predicted molar refractivity (Wildman–Crippen MR) is 72.4 cm³/mol. The van der Waals surface area contributed by atoms with Gasteiger partial charge in [0.05, 0.1) is 5.56 Å². The zero-order valence-corrected chi connectivity index (χ0v) is 11.4. The molecular weight excluding hydrogens is 246 g/mol. The molecule has 0 atom stereocenters. The minimum Gasteiger partial charge on any atom is -0.444 e. The maximum atomic E-state index is 11.4. The first-order valence-electron chi connectivity index (χ1n) is 6.02. The Morgan fingerprint density at radius 1 is 1.42 bits per heavy atom. The van der Waals surface area contributed by atoms with Crippen molar-refractivity contribution in [1.29, 1.82) is 0 Å². The SMILES string of the molecule is CC(C)(C)OC(=O)NCCNc1ccncc1C=O. The molecular formula is C13H19N3O3. The maximum Gasteiger partial charge on any atom is 0.407 e. The molecule has 0 fully saturated rings. The number of pyridine rings is 1. The molecule has 0 aliphatic heterocycles. The van der Waals surface area contributed by atoms with Crippen molar-refractivity contribution < 1.29 is 14.3 Å². The van der Waals surface area contributed by atoms with Crippen molar-refractivity contribution in [3.05, 3.63) is 24.0 Å². The van der Waals surface area contributed by atoms with Crippen LogP contribution < -0.4 is 10.6 Å². The Balaban J connectivity index is 2.31. The van der Waals surface area contributed by atoms with Crippen LogP contribution in [-0.4, -0.2) is 36.1 Å². The van der Waals surface area contributed by atoms with Crippen molar-refractivity contribution in [2.75, 3.05) is 18.4 Å². The Labute approximate surface area is 112 Å². The van der Waals surface area contributed by atoms with Crippen LogP contribution in [0.1, 0.15) is 31.1 Å². The number of carbonyl (C=O) groups is 2. The van der Waals surface area contributed by atoms with E-state index in [0.717, 1.165) is 6.29 Å². The van der Waals surface area contributed by atoms with Gasteiger partial charge in [0.1, 0.15) is 5.60 Å². The molecule has 6 nitrogen and oxygen atoms in total. The molecule has 0 saturated carbocycles. The number of carbonyl (C=O) groups excluding carboxylic acids is 2. The number of aromatic nitrogens is 1. The summed E-state index contributed by atoms with van der Waals surface area (Å²) >= 11 is 0. The van der Waals surface area contributed by atoms with Crippen LogP contribution >= 0.6 is 0 Å². The molecule has 1 heterocycles. The Hall–Kier alpha value is -2.11. The van der Waals surface area contributed by atoms with Crippen molar-refractivity contribution in [3.63, 3.8) is 0 Å². The normalized spacial score (nSPS) is 10.7. The molecule has 104 valence electrons. The fourth-order valence-corrected chi connectivity index (χ4v) is 1.34. The van der Waals surface area contributed by atoms with Gasteiger partial charge in [0.2, 0.25) is 0 Å². The zero-order valence-electron chi connectivity index (χ0n) is 11.4. The van der Waals surface area contributed by atoms with Gasteiger partial charge in [0, 0.05) is 31.2 Å². The van der Waals surface area contributed by atoms with Gasteiger partial charge in [0.15, 0.2) is 6.29 Å². The third kappa shape index (κ3) is 5.85. The molecule has 6 heteroatoms. The lowest BCUT2D eigenvalue weighted by molar-refractivity contribution is 0.0530. The smallest absolute Gasteiger partial charge is 0.407 e. The highest BCUT2D eigenvalue weighted by Gasteiger charge is 2.15. The largest absolute Gasteiger partial charge is 0.444 e. The van der Waals surface area contributed by atoms with Gasteiger partial charge < -0.3 is 15.4 Å². The molecule has 1 aromatic rings. The summed E-state index contributed by atoms with van der Waals surface area (Å²) in [6.45, 7) is 6.30. The van der Waals surface area contributed by atoms with Crippen LogP contribution in [-0.2, 0) is 4.74 Å². The summed E-state index contributed by atoms with van der Waals surface area (Å²) in [5.74, 6) is 0. The predicted octanol–water partition coefficient (Wildman–Crippen LogP) is 1.83. The number of anilines is 1. The van der Waals surface area contributed by atoms with E-state index in [9.17, 15) is 9.59 Å². The van der Waals surface area contributed by atoms with E-state index in [4.69, 9.17) is 4.74 Å². The number of hydrogen-bond acceptors (Lipinski definition) is 5. The summed E-state index contributed by atoms with van der Waals surface area (Å²) in [5.41, 5.74) is 0.670. The lowest BCUT2D eigenvalue weighted by Crippen LogP contribution is -2.35. The van der Waals surface area contributed by atoms with E-state index in [1.165, 1.54) is 6.20 Å². The molecule has 1 rings (SSSR count). The lowest BCUT2D eigenvalue weighted by atomic mass is 10.2. The third-order valence-electron chi connectivity index (χ3n) is 2.09. The number of hydrogen-bond donors (Lipinski definition) is 2. The van der Waals surface area contributed by atoms with Gasteiger partial charge in [-0.1, -0.05) is 0 Å². The van der Waals surface area contributed by atoms with Gasteiger partial charge >= 0.3 is 6.09 Å². The summed E-state index contributed by atoms with van der Waals surface area (Å²) in [7, 11) is 0. The number of aldehydes is 1. The van der Waals surface area contributed by atoms with Gasteiger partial charge in [-0.3, -0.25) is 9.78 Å². The average Bonchev–Trinajstić information content (AvgIpc) is 2.33. The number of amides is 1. The van der Waals surface area contributed by atoms with E-state index in [2.05, 4.69) is 15.6 Å². The Kier molecular flexibility index (Phi) is 5.29. The Morgan fingerprint density at radius 2 is 2.16 bits per heavy atom. The van der Waals surface area contributed by atoms with E-state index < -0.39 is 11.7 Å². The number of nitrogens with zero attached hydrogens (tertiary/aromatic N) is 1. The van der Waals surface area contributed by atoms with Crippen LogP contribution in [0.4, 0.5) is 10.5 Å². The van der Waals surface area contributed by atoms with E-state index in [1.807, 2.05) is 0 Å². The highest BCUT2D eigenvalue weighted by molar-refractivity contribution is 5.83. The fraction of sp³-hybridized carbons (Fsp3) is 0.462. The molecule has 2 N–H and O–H groups in total. The average molecular weight is 265 g/mol. The van der Waals surface area contributed by atoms with Gasteiger partial charge in [-0.2, -0.15) is 0 Å². The van der Waals surface area contributed by atoms with Crippen molar-refractivity contribution in [2.45, 2.75) is 26.4 Å². The minimum atomic E-state index is -0.507. The number of nitrogens with one attached hydrogen (secondary N) is 2. The van der Waals surface area contributed by atoms with Crippen LogP contribution in [0, 0.1) is 0 Å². The van der Waals surface area contributed by atoms with Crippen LogP contribution in [0.25, 0.3) is 0 Å². The lowest BCUT2D eigenvalue weighted by Gasteiger charge is -2.19. The summed E-state index contributed by atoms with van der Waals surface area (Å²) in [5, 5.41) is 5.66. The molecule has 0 bridgehead atoms. The second-order valence-corrected chi connectivity index (χ2v) is 4.94.